The van der Waals surface area contributed by atoms with Gasteiger partial charge in [0.25, 0.3) is 0 Å². The maximum absolute atomic E-state index is 12.0. The maximum atomic E-state index is 12.0. The fourth-order valence-corrected chi connectivity index (χ4v) is 3.74. The van der Waals surface area contributed by atoms with E-state index in [1.54, 1.807) is 6.08 Å². The number of halogens is 1. The van der Waals surface area contributed by atoms with Crippen LogP contribution in [0.2, 0.25) is 0 Å². The minimum atomic E-state index is 0.646. The van der Waals surface area contributed by atoms with Crippen LogP contribution in [0, 0.1) is 5.92 Å². The van der Waals surface area contributed by atoms with Gasteiger partial charge in [0.2, 0.25) is 0 Å². The Labute approximate surface area is 135 Å². The van der Waals surface area contributed by atoms with Crippen LogP contribution in [0.15, 0.2) is 36.7 Å². The zero-order chi connectivity index (χ0) is 15.6. The molecule has 1 saturated carbocycles. The first-order valence-electron chi connectivity index (χ1n) is 9.17. The third-order valence-electron chi connectivity index (χ3n) is 5.20. The van der Waals surface area contributed by atoms with Crippen LogP contribution in [0.1, 0.15) is 81.8 Å². The predicted octanol–water partition coefficient (Wildman–Crippen LogP) is 6.96. The van der Waals surface area contributed by atoms with Crippen molar-refractivity contribution in [1.29, 1.82) is 0 Å². The minimum absolute atomic E-state index is 0.646. The largest absolute Gasteiger partial charge is 0.216 e. The number of aryl methyl sites for hydroxylation is 1. The fraction of sp³-hybridized carbons (Fsp3) is 0.619. The lowest BCUT2D eigenvalue weighted by molar-refractivity contribution is 0.303. The van der Waals surface area contributed by atoms with E-state index < -0.39 is 0 Å². The lowest BCUT2D eigenvalue weighted by Crippen LogP contribution is -2.13. The van der Waals surface area contributed by atoms with Gasteiger partial charge in [-0.15, -0.1) is 0 Å². The van der Waals surface area contributed by atoms with Crippen molar-refractivity contribution in [2.75, 3.05) is 0 Å². The van der Waals surface area contributed by atoms with Crippen molar-refractivity contribution in [1.82, 2.24) is 0 Å². The molecule has 1 aliphatic rings. The molecular weight excluding hydrogens is 271 g/mol. The topological polar surface area (TPSA) is 0 Å². The Balaban J connectivity index is 1.76. The molecular formula is C21H31F. The molecule has 0 atom stereocenters. The fourth-order valence-electron chi connectivity index (χ4n) is 3.74. The number of hydrogen-bond acceptors (Lipinski definition) is 0. The lowest BCUT2D eigenvalue weighted by atomic mass is 9.77. The second-order valence-electron chi connectivity index (χ2n) is 6.86. The average Bonchev–Trinajstić information content (AvgIpc) is 2.57. The molecule has 0 spiro atoms. The Hall–Kier alpha value is -1.11. The summed E-state index contributed by atoms with van der Waals surface area (Å²) in [5, 5.41) is 0. The summed E-state index contributed by atoms with van der Waals surface area (Å²) in [6.45, 7) is 2.29. The molecule has 1 fully saturated rings. The molecule has 122 valence electrons. The van der Waals surface area contributed by atoms with Gasteiger partial charge >= 0.3 is 0 Å². The molecule has 0 heterocycles. The third kappa shape index (κ3) is 5.59. The second kappa shape index (κ2) is 9.82. The van der Waals surface area contributed by atoms with Crippen LogP contribution < -0.4 is 0 Å². The van der Waals surface area contributed by atoms with Gasteiger partial charge in [-0.25, -0.2) is 4.39 Å². The van der Waals surface area contributed by atoms with Gasteiger partial charge in [-0.1, -0.05) is 62.9 Å². The molecule has 0 radical (unpaired) electrons. The highest BCUT2D eigenvalue weighted by Crippen LogP contribution is 2.37. The highest BCUT2D eigenvalue weighted by Gasteiger charge is 2.21. The van der Waals surface area contributed by atoms with E-state index >= 15 is 0 Å². The van der Waals surface area contributed by atoms with E-state index in [1.807, 2.05) is 0 Å². The summed E-state index contributed by atoms with van der Waals surface area (Å²) >= 11 is 0. The van der Waals surface area contributed by atoms with Crippen LogP contribution in [0.4, 0.5) is 4.39 Å². The highest BCUT2D eigenvalue weighted by atomic mass is 19.1. The Kier molecular flexibility index (Phi) is 7.70. The summed E-state index contributed by atoms with van der Waals surface area (Å²) in [7, 11) is 0. The molecule has 1 aromatic rings. The molecule has 0 aromatic heterocycles. The minimum Gasteiger partial charge on any atom is -0.216 e. The Morgan fingerprint density at radius 3 is 2.41 bits per heavy atom. The van der Waals surface area contributed by atoms with Crippen molar-refractivity contribution in [3.63, 3.8) is 0 Å². The monoisotopic (exact) mass is 302 g/mol. The van der Waals surface area contributed by atoms with Crippen LogP contribution in [0.5, 0.6) is 0 Å². The van der Waals surface area contributed by atoms with Crippen molar-refractivity contribution in [2.45, 2.75) is 77.0 Å². The molecule has 0 amide bonds. The summed E-state index contributed by atoms with van der Waals surface area (Å²) in [6.07, 6.45) is 15.1. The molecule has 1 aromatic carbocycles. The Bertz CT molecular complexity index is 424. The van der Waals surface area contributed by atoms with Crippen molar-refractivity contribution >= 4 is 0 Å². The Morgan fingerprint density at radius 1 is 1.05 bits per heavy atom. The first-order chi connectivity index (χ1) is 10.8. The zero-order valence-corrected chi connectivity index (χ0v) is 14.1. The summed E-state index contributed by atoms with van der Waals surface area (Å²) in [4.78, 5) is 0. The Morgan fingerprint density at radius 2 is 1.77 bits per heavy atom. The first kappa shape index (κ1) is 17.2. The van der Waals surface area contributed by atoms with Crippen molar-refractivity contribution in [3.05, 3.63) is 47.8 Å². The van der Waals surface area contributed by atoms with Crippen LogP contribution in [0.25, 0.3) is 0 Å². The van der Waals surface area contributed by atoms with E-state index in [1.165, 1.54) is 62.5 Å². The van der Waals surface area contributed by atoms with Gasteiger partial charge in [0, 0.05) is 0 Å². The van der Waals surface area contributed by atoms with E-state index in [2.05, 4.69) is 31.2 Å². The second-order valence-corrected chi connectivity index (χ2v) is 6.86. The normalized spacial score (nSPS) is 22.3. The standard InChI is InChI=1S/C21H31F/c1-2-3-4-7-18-9-13-20(14-10-18)21-15-11-19(12-16-21)8-5-6-17-22/h6,11-12,15-18,20H,2-5,7-10,13-14H2,1H3/b17-6+. The van der Waals surface area contributed by atoms with E-state index in [0.29, 0.717) is 6.33 Å². The lowest BCUT2D eigenvalue weighted by Gasteiger charge is -2.29. The molecule has 0 N–H and O–H groups in total. The SMILES string of the molecule is CCCCCC1CCC(c2ccc(CC/C=C/F)cc2)CC1. The number of allylic oxidation sites excluding steroid dienone is 1. The number of benzene rings is 1. The van der Waals surface area contributed by atoms with Gasteiger partial charge < -0.3 is 0 Å². The van der Waals surface area contributed by atoms with Crippen LogP contribution in [0.3, 0.4) is 0 Å². The molecule has 0 saturated heterocycles. The van der Waals surface area contributed by atoms with Crippen LogP contribution in [-0.2, 0) is 6.42 Å². The van der Waals surface area contributed by atoms with Gasteiger partial charge in [0.1, 0.15) is 0 Å². The average molecular weight is 302 g/mol. The summed E-state index contributed by atoms with van der Waals surface area (Å²) in [5.41, 5.74) is 2.83. The molecule has 22 heavy (non-hydrogen) atoms. The van der Waals surface area contributed by atoms with Crippen molar-refractivity contribution < 1.29 is 4.39 Å². The highest BCUT2D eigenvalue weighted by molar-refractivity contribution is 5.26. The molecule has 1 aliphatic carbocycles. The number of unbranched alkanes of at least 4 members (excludes halogenated alkanes) is 2. The van der Waals surface area contributed by atoms with E-state index in [4.69, 9.17) is 0 Å². The van der Waals surface area contributed by atoms with Gasteiger partial charge in [-0.05, 0) is 61.5 Å². The van der Waals surface area contributed by atoms with Gasteiger partial charge in [-0.3, -0.25) is 0 Å². The summed E-state index contributed by atoms with van der Waals surface area (Å²) < 4.78 is 12.0. The zero-order valence-electron chi connectivity index (χ0n) is 14.1. The summed E-state index contributed by atoms with van der Waals surface area (Å²) in [5.74, 6) is 1.75. The molecule has 2 rings (SSSR count). The quantitative estimate of drug-likeness (QED) is 0.455. The molecule has 0 nitrogen and oxygen atoms in total. The van der Waals surface area contributed by atoms with Crippen molar-refractivity contribution in [2.24, 2.45) is 5.92 Å². The van der Waals surface area contributed by atoms with Gasteiger partial charge in [-0.2, -0.15) is 0 Å². The summed E-state index contributed by atoms with van der Waals surface area (Å²) in [6, 6.07) is 9.07. The number of rotatable bonds is 8. The van der Waals surface area contributed by atoms with Crippen molar-refractivity contribution in [3.8, 4) is 0 Å². The molecule has 0 unspecified atom stereocenters. The molecule has 0 bridgehead atoms. The third-order valence-corrected chi connectivity index (χ3v) is 5.20. The van der Waals surface area contributed by atoms with E-state index in [-0.39, 0.29) is 0 Å². The smallest absolute Gasteiger partial charge is 0.0827 e. The number of hydrogen-bond donors (Lipinski definition) is 0. The van der Waals surface area contributed by atoms with E-state index in [9.17, 15) is 4.39 Å². The molecule has 0 aliphatic heterocycles. The van der Waals surface area contributed by atoms with Gasteiger partial charge in [0.05, 0.1) is 6.33 Å². The van der Waals surface area contributed by atoms with Crippen LogP contribution in [-0.4, -0.2) is 0 Å². The molecule has 1 heteroatoms. The van der Waals surface area contributed by atoms with E-state index in [0.717, 1.165) is 24.7 Å². The first-order valence-corrected chi connectivity index (χ1v) is 9.17. The predicted molar refractivity (Wildman–Crippen MR) is 93.9 cm³/mol. The maximum Gasteiger partial charge on any atom is 0.0827 e. The van der Waals surface area contributed by atoms with Gasteiger partial charge in [0.15, 0.2) is 0 Å². The van der Waals surface area contributed by atoms with Crippen LogP contribution >= 0.6 is 0 Å².